The monoisotopic (exact) mass is 398 g/mol. The molecule has 0 N–H and O–H groups in total. The quantitative estimate of drug-likeness (QED) is 0.629. The molecule has 0 fully saturated rings. The van der Waals surface area contributed by atoms with Gasteiger partial charge in [0.05, 0.1) is 30.7 Å². The van der Waals surface area contributed by atoms with Crippen LogP contribution in [0.3, 0.4) is 0 Å². The van der Waals surface area contributed by atoms with Crippen LogP contribution < -0.4 is 14.5 Å². The first kappa shape index (κ1) is 20.0. The highest BCUT2D eigenvalue weighted by atomic mass is 35.5. The number of anilines is 1. The first-order chi connectivity index (χ1) is 13.4. The van der Waals surface area contributed by atoms with E-state index in [1.54, 1.807) is 31.4 Å². The zero-order valence-corrected chi connectivity index (χ0v) is 17.2. The molecule has 0 aliphatic carbocycles. The summed E-state index contributed by atoms with van der Waals surface area (Å²) in [5.41, 5.74) is 2.70. The number of benzene rings is 2. The van der Waals surface area contributed by atoms with Crippen LogP contribution in [0.4, 0.5) is 5.69 Å². The van der Waals surface area contributed by atoms with Gasteiger partial charge in [-0.3, -0.25) is 4.79 Å². The van der Waals surface area contributed by atoms with Gasteiger partial charge >= 0.3 is 0 Å². The molecule has 3 rings (SSSR count). The molecule has 0 aromatic heterocycles. The number of carbonyl (C=O) groups excluding carboxylic acids is 1. The average Bonchev–Trinajstić information content (AvgIpc) is 2.95. The minimum Gasteiger partial charge on any atom is -0.493 e. The molecular formula is C22H23ClN2O3. The van der Waals surface area contributed by atoms with Crippen molar-refractivity contribution in [3.63, 3.8) is 0 Å². The summed E-state index contributed by atoms with van der Waals surface area (Å²) in [4.78, 5) is 12.9. The second kappa shape index (κ2) is 8.48. The Morgan fingerprint density at radius 1 is 1.14 bits per heavy atom. The highest BCUT2D eigenvalue weighted by Crippen LogP contribution is 2.31. The Bertz CT molecular complexity index is 933. The Morgan fingerprint density at radius 3 is 2.50 bits per heavy atom. The Kier molecular flexibility index (Phi) is 6.05. The van der Waals surface area contributed by atoms with Gasteiger partial charge in [-0.05, 0) is 60.9 Å². The molecule has 1 heterocycles. The highest BCUT2D eigenvalue weighted by molar-refractivity contribution is 6.32. The second-order valence-electron chi connectivity index (χ2n) is 6.95. The molecule has 1 aliphatic heterocycles. The molecule has 146 valence electrons. The van der Waals surface area contributed by atoms with Gasteiger partial charge in [0.25, 0.3) is 5.91 Å². The minimum atomic E-state index is -0.182. The summed E-state index contributed by atoms with van der Waals surface area (Å²) in [5, 5.41) is 6.38. The third-order valence-corrected chi connectivity index (χ3v) is 4.46. The van der Waals surface area contributed by atoms with Crippen molar-refractivity contribution in [1.29, 1.82) is 0 Å². The number of carbonyl (C=O) groups is 1. The Balaban J connectivity index is 1.86. The summed E-state index contributed by atoms with van der Waals surface area (Å²) in [7, 11) is 1.60. The fourth-order valence-corrected chi connectivity index (χ4v) is 2.88. The SMILES string of the molecule is COc1cc(C=C2C(=O)N(c3ccc(Cl)cc3)N=C2C)ccc1OCC(C)C. The van der Waals surface area contributed by atoms with Crippen LogP contribution in [-0.2, 0) is 4.79 Å². The largest absolute Gasteiger partial charge is 0.493 e. The average molecular weight is 399 g/mol. The van der Waals surface area contributed by atoms with E-state index in [1.165, 1.54) is 5.01 Å². The van der Waals surface area contributed by atoms with Gasteiger partial charge in [0.1, 0.15) is 0 Å². The maximum atomic E-state index is 12.9. The number of halogens is 1. The molecule has 0 saturated carbocycles. The van der Waals surface area contributed by atoms with Gasteiger partial charge in [0.15, 0.2) is 11.5 Å². The summed E-state index contributed by atoms with van der Waals surface area (Å²) in [5.74, 6) is 1.55. The van der Waals surface area contributed by atoms with E-state index >= 15 is 0 Å². The smallest absolute Gasteiger partial charge is 0.280 e. The molecule has 2 aromatic rings. The van der Waals surface area contributed by atoms with Gasteiger partial charge in [0.2, 0.25) is 0 Å². The van der Waals surface area contributed by atoms with E-state index in [-0.39, 0.29) is 5.91 Å². The van der Waals surface area contributed by atoms with Gasteiger partial charge in [-0.25, -0.2) is 0 Å². The van der Waals surface area contributed by atoms with Crippen LogP contribution in [-0.4, -0.2) is 25.3 Å². The van der Waals surface area contributed by atoms with E-state index in [0.717, 1.165) is 5.56 Å². The first-order valence-electron chi connectivity index (χ1n) is 9.07. The van der Waals surface area contributed by atoms with Crippen LogP contribution >= 0.6 is 11.6 Å². The van der Waals surface area contributed by atoms with Crippen LogP contribution in [0.15, 0.2) is 53.1 Å². The lowest BCUT2D eigenvalue weighted by Crippen LogP contribution is -2.21. The minimum absolute atomic E-state index is 0.182. The summed E-state index contributed by atoms with van der Waals surface area (Å²) < 4.78 is 11.2. The van der Waals surface area contributed by atoms with Gasteiger partial charge in [-0.1, -0.05) is 31.5 Å². The maximum Gasteiger partial charge on any atom is 0.280 e. The van der Waals surface area contributed by atoms with E-state index in [0.29, 0.717) is 46.0 Å². The molecular weight excluding hydrogens is 376 g/mol. The normalized spacial score (nSPS) is 15.4. The molecule has 1 amide bonds. The number of nitrogens with zero attached hydrogens (tertiary/aromatic N) is 2. The fraction of sp³-hybridized carbons (Fsp3) is 0.273. The number of rotatable bonds is 6. The molecule has 6 heteroatoms. The van der Waals surface area contributed by atoms with Gasteiger partial charge < -0.3 is 9.47 Å². The van der Waals surface area contributed by atoms with Gasteiger partial charge in [-0.15, -0.1) is 0 Å². The molecule has 0 radical (unpaired) electrons. The fourth-order valence-electron chi connectivity index (χ4n) is 2.76. The Morgan fingerprint density at radius 2 is 1.86 bits per heavy atom. The number of ether oxygens (including phenoxy) is 2. The van der Waals surface area contributed by atoms with Crippen molar-refractivity contribution in [3.05, 3.63) is 58.6 Å². The maximum absolute atomic E-state index is 12.9. The molecule has 0 unspecified atom stereocenters. The van der Waals surface area contributed by atoms with Crippen molar-refractivity contribution in [3.8, 4) is 11.5 Å². The molecule has 0 spiro atoms. The second-order valence-corrected chi connectivity index (χ2v) is 7.39. The van der Waals surface area contributed by atoms with Crippen LogP contribution in [0.5, 0.6) is 11.5 Å². The third-order valence-electron chi connectivity index (χ3n) is 4.20. The number of hydrogen-bond acceptors (Lipinski definition) is 4. The topological polar surface area (TPSA) is 51.1 Å². The van der Waals surface area contributed by atoms with Gasteiger partial charge in [-0.2, -0.15) is 10.1 Å². The van der Waals surface area contributed by atoms with Crippen LogP contribution in [0.1, 0.15) is 26.3 Å². The zero-order valence-electron chi connectivity index (χ0n) is 16.4. The van der Waals surface area contributed by atoms with Crippen molar-refractivity contribution in [2.24, 2.45) is 11.0 Å². The standard InChI is InChI=1S/C22H23ClN2O3/c1-14(2)13-28-20-10-5-16(12-21(20)27-4)11-19-15(3)24-25(22(19)26)18-8-6-17(23)7-9-18/h5-12,14H,13H2,1-4H3. The van der Waals surface area contributed by atoms with Crippen LogP contribution in [0, 0.1) is 5.92 Å². The number of methoxy groups -OCH3 is 1. The summed E-state index contributed by atoms with van der Waals surface area (Å²) >= 11 is 5.93. The van der Waals surface area contributed by atoms with Crippen molar-refractivity contribution >= 4 is 35.0 Å². The van der Waals surface area contributed by atoms with E-state index in [9.17, 15) is 4.79 Å². The Labute approximate surface area is 170 Å². The van der Waals surface area contributed by atoms with Crippen molar-refractivity contribution in [2.75, 3.05) is 18.7 Å². The summed E-state index contributed by atoms with van der Waals surface area (Å²) in [6, 6.07) is 12.6. The van der Waals surface area contributed by atoms with E-state index in [1.807, 2.05) is 31.2 Å². The molecule has 1 aliphatic rings. The lowest BCUT2D eigenvalue weighted by atomic mass is 10.1. The predicted octanol–water partition coefficient (Wildman–Crippen LogP) is 5.19. The van der Waals surface area contributed by atoms with Crippen molar-refractivity contribution in [1.82, 2.24) is 0 Å². The molecule has 28 heavy (non-hydrogen) atoms. The van der Waals surface area contributed by atoms with E-state index in [4.69, 9.17) is 21.1 Å². The number of hydrazone groups is 1. The zero-order chi connectivity index (χ0) is 20.3. The molecule has 0 bridgehead atoms. The molecule has 0 atom stereocenters. The van der Waals surface area contributed by atoms with E-state index in [2.05, 4.69) is 18.9 Å². The molecule has 0 saturated heterocycles. The van der Waals surface area contributed by atoms with Crippen LogP contribution in [0.25, 0.3) is 6.08 Å². The number of hydrogen-bond donors (Lipinski definition) is 0. The summed E-state index contributed by atoms with van der Waals surface area (Å²) in [6.45, 7) is 6.60. The summed E-state index contributed by atoms with van der Waals surface area (Å²) in [6.07, 6.45) is 1.81. The van der Waals surface area contributed by atoms with Gasteiger partial charge in [0, 0.05) is 5.02 Å². The first-order valence-corrected chi connectivity index (χ1v) is 9.45. The lowest BCUT2D eigenvalue weighted by Gasteiger charge is -2.13. The predicted molar refractivity (Wildman–Crippen MR) is 113 cm³/mol. The number of amides is 1. The molecule has 5 nitrogen and oxygen atoms in total. The highest BCUT2D eigenvalue weighted by Gasteiger charge is 2.28. The third kappa shape index (κ3) is 4.37. The van der Waals surface area contributed by atoms with E-state index < -0.39 is 0 Å². The lowest BCUT2D eigenvalue weighted by molar-refractivity contribution is -0.114. The van der Waals surface area contributed by atoms with Crippen molar-refractivity contribution in [2.45, 2.75) is 20.8 Å². The molecule has 2 aromatic carbocycles. The Hall–Kier alpha value is -2.79. The van der Waals surface area contributed by atoms with Crippen molar-refractivity contribution < 1.29 is 14.3 Å². The van der Waals surface area contributed by atoms with Crippen LogP contribution in [0.2, 0.25) is 5.02 Å².